The number of hydrogen-bond donors (Lipinski definition) is 1. The van der Waals surface area contributed by atoms with E-state index in [0.29, 0.717) is 0 Å². The van der Waals surface area contributed by atoms with Crippen molar-refractivity contribution in [3.05, 3.63) is 33.9 Å². The molecule has 0 saturated heterocycles. The van der Waals surface area contributed by atoms with Gasteiger partial charge in [0.2, 0.25) is 0 Å². The SMILES string of the molecule is Cc1cc([N+](=O)[O-])ccc1N(C)CC(C)CO. The number of nitro groups is 1. The summed E-state index contributed by atoms with van der Waals surface area (Å²) >= 11 is 0. The molecule has 0 heterocycles. The average Bonchev–Trinajstić information content (AvgIpc) is 2.28. The van der Waals surface area contributed by atoms with Crippen LogP contribution in [0.5, 0.6) is 0 Å². The number of rotatable bonds is 5. The van der Waals surface area contributed by atoms with E-state index in [1.807, 2.05) is 25.8 Å². The lowest BCUT2D eigenvalue weighted by Gasteiger charge is -2.24. The molecule has 0 spiro atoms. The van der Waals surface area contributed by atoms with Gasteiger partial charge in [-0.2, -0.15) is 0 Å². The first-order chi connectivity index (χ1) is 7.95. The summed E-state index contributed by atoms with van der Waals surface area (Å²) < 4.78 is 0. The van der Waals surface area contributed by atoms with Crippen molar-refractivity contribution < 1.29 is 10.0 Å². The Hall–Kier alpha value is -1.62. The van der Waals surface area contributed by atoms with Gasteiger partial charge in [-0.3, -0.25) is 10.1 Å². The van der Waals surface area contributed by atoms with E-state index in [1.165, 1.54) is 6.07 Å². The van der Waals surface area contributed by atoms with Crippen molar-refractivity contribution in [2.45, 2.75) is 13.8 Å². The van der Waals surface area contributed by atoms with Crippen LogP contribution in [-0.2, 0) is 0 Å². The molecular formula is C12H18N2O3. The number of aliphatic hydroxyl groups excluding tert-OH is 1. The van der Waals surface area contributed by atoms with Gasteiger partial charge in [0.1, 0.15) is 0 Å². The quantitative estimate of drug-likeness (QED) is 0.629. The second-order valence-electron chi connectivity index (χ2n) is 4.40. The van der Waals surface area contributed by atoms with E-state index in [2.05, 4.69) is 0 Å². The Bertz CT molecular complexity index is 407. The highest BCUT2D eigenvalue weighted by atomic mass is 16.6. The molecule has 1 aromatic rings. The fourth-order valence-electron chi connectivity index (χ4n) is 1.81. The molecular weight excluding hydrogens is 220 g/mol. The number of aliphatic hydroxyl groups is 1. The summed E-state index contributed by atoms with van der Waals surface area (Å²) in [6, 6.07) is 4.81. The van der Waals surface area contributed by atoms with Gasteiger partial charge in [0.25, 0.3) is 5.69 Å². The summed E-state index contributed by atoms with van der Waals surface area (Å²) in [5, 5.41) is 19.6. The molecule has 0 fully saturated rings. The van der Waals surface area contributed by atoms with Crippen molar-refractivity contribution in [1.29, 1.82) is 0 Å². The minimum absolute atomic E-state index is 0.106. The van der Waals surface area contributed by atoms with E-state index in [4.69, 9.17) is 5.11 Å². The molecule has 0 amide bonds. The highest BCUT2D eigenvalue weighted by molar-refractivity contribution is 5.56. The molecule has 0 radical (unpaired) electrons. The highest BCUT2D eigenvalue weighted by Crippen LogP contribution is 2.24. The van der Waals surface area contributed by atoms with Gasteiger partial charge in [-0.05, 0) is 24.5 Å². The van der Waals surface area contributed by atoms with Gasteiger partial charge in [0.15, 0.2) is 0 Å². The maximum absolute atomic E-state index is 10.6. The maximum atomic E-state index is 10.6. The first kappa shape index (κ1) is 13.4. The molecule has 1 unspecified atom stereocenters. The molecule has 17 heavy (non-hydrogen) atoms. The smallest absolute Gasteiger partial charge is 0.269 e. The standard InChI is InChI=1S/C12H18N2O3/c1-9(8-15)7-13(3)12-5-4-11(14(16)17)6-10(12)2/h4-6,9,15H,7-8H2,1-3H3. The Morgan fingerprint density at radius 3 is 2.65 bits per heavy atom. The van der Waals surface area contributed by atoms with Gasteiger partial charge in [0, 0.05) is 38.0 Å². The van der Waals surface area contributed by atoms with E-state index in [0.717, 1.165) is 17.8 Å². The van der Waals surface area contributed by atoms with Crippen LogP contribution in [0.1, 0.15) is 12.5 Å². The normalized spacial score (nSPS) is 12.2. The molecule has 5 nitrogen and oxygen atoms in total. The van der Waals surface area contributed by atoms with Crippen LogP contribution in [0, 0.1) is 23.0 Å². The molecule has 0 aromatic heterocycles. The van der Waals surface area contributed by atoms with Crippen molar-refractivity contribution in [2.75, 3.05) is 25.1 Å². The summed E-state index contributed by atoms with van der Waals surface area (Å²) in [5.41, 5.74) is 1.93. The number of benzene rings is 1. The lowest BCUT2D eigenvalue weighted by molar-refractivity contribution is -0.384. The van der Waals surface area contributed by atoms with E-state index < -0.39 is 4.92 Å². The Kier molecular flexibility index (Phi) is 4.45. The highest BCUT2D eigenvalue weighted by Gasteiger charge is 2.12. The minimum Gasteiger partial charge on any atom is -0.396 e. The molecule has 5 heteroatoms. The van der Waals surface area contributed by atoms with Gasteiger partial charge >= 0.3 is 0 Å². The zero-order valence-corrected chi connectivity index (χ0v) is 10.4. The van der Waals surface area contributed by atoms with Crippen LogP contribution < -0.4 is 4.90 Å². The topological polar surface area (TPSA) is 66.6 Å². The third-order valence-corrected chi connectivity index (χ3v) is 2.70. The van der Waals surface area contributed by atoms with Gasteiger partial charge in [-0.15, -0.1) is 0 Å². The summed E-state index contributed by atoms with van der Waals surface area (Å²) in [6.45, 7) is 4.66. The molecule has 94 valence electrons. The Morgan fingerprint density at radius 1 is 1.53 bits per heavy atom. The monoisotopic (exact) mass is 238 g/mol. The van der Waals surface area contributed by atoms with E-state index >= 15 is 0 Å². The van der Waals surface area contributed by atoms with Gasteiger partial charge in [0.05, 0.1) is 4.92 Å². The van der Waals surface area contributed by atoms with Crippen LogP contribution in [-0.4, -0.2) is 30.2 Å². The van der Waals surface area contributed by atoms with E-state index in [1.54, 1.807) is 12.1 Å². The largest absolute Gasteiger partial charge is 0.396 e. The molecule has 0 aliphatic carbocycles. The number of hydrogen-bond acceptors (Lipinski definition) is 4. The molecule has 1 atom stereocenters. The van der Waals surface area contributed by atoms with Crippen LogP contribution in [0.4, 0.5) is 11.4 Å². The molecule has 1 rings (SSSR count). The first-order valence-corrected chi connectivity index (χ1v) is 5.52. The third kappa shape index (κ3) is 3.42. The van der Waals surface area contributed by atoms with Crippen molar-refractivity contribution in [3.63, 3.8) is 0 Å². The Morgan fingerprint density at radius 2 is 2.18 bits per heavy atom. The molecule has 0 aliphatic rings. The lowest BCUT2D eigenvalue weighted by Crippen LogP contribution is -2.26. The Labute approximate surface area is 101 Å². The number of aryl methyl sites for hydroxylation is 1. The van der Waals surface area contributed by atoms with E-state index in [-0.39, 0.29) is 18.2 Å². The average molecular weight is 238 g/mol. The molecule has 1 aromatic carbocycles. The first-order valence-electron chi connectivity index (χ1n) is 5.52. The fraction of sp³-hybridized carbons (Fsp3) is 0.500. The lowest BCUT2D eigenvalue weighted by atomic mass is 10.1. The van der Waals surface area contributed by atoms with Crippen LogP contribution >= 0.6 is 0 Å². The number of nitro benzene ring substituents is 1. The van der Waals surface area contributed by atoms with Crippen LogP contribution in [0.2, 0.25) is 0 Å². The van der Waals surface area contributed by atoms with Crippen molar-refractivity contribution in [1.82, 2.24) is 0 Å². The second-order valence-corrected chi connectivity index (χ2v) is 4.40. The summed E-state index contributed by atoms with van der Waals surface area (Å²) in [4.78, 5) is 12.2. The summed E-state index contributed by atoms with van der Waals surface area (Å²) in [7, 11) is 1.92. The zero-order chi connectivity index (χ0) is 13.0. The zero-order valence-electron chi connectivity index (χ0n) is 10.4. The number of nitrogens with zero attached hydrogens (tertiary/aromatic N) is 2. The number of anilines is 1. The van der Waals surface area contributed by atoms with Crippen molar-refractivity contribution in [3.8, 4) is 0 Å². The fourth-order valence-corrected chi connectivity index (χ4v) is 1.81. The maximum Gasteiger partial charge on any atom is 0.269 e. The molecule has 0 aliphatic heterocycles. The van der Waals surface area contributed by atoms with Crippen LogP contribution in [0.3, 0.4) is 0 Å². The van der Waals surface area contributed by atoms with Gasteiger partial charge in [-0.1, -0.05) is 6.92 Å². The minimum atomic E-state index is -0.396. The molecule has 1 N–H and O–H groups in total. The van der Waals surface area contributed by atoms with Gasteiger partial charge in [-0.25, -0.2) is 0 Å². The van der Waals surface area contributed by atoms with Crippen LogP contribution in [0.25, 0.3) is 0 Å². The van der Waals surface area contributed by atoms with Crippen molar-refractivity contribution in [2.24, 2.45) is 5.92 Å². The molecule has 0 bridgehead atoms. The predicted molar refractivity (Wildman–Crippen MR) is 67.4 cm³/mol. The Balaban J connectivity index is 2.88. The summed E-state index contributed by atoms with van der Waals surface area (Å²) in [5.74, 6) is 0.176. The van der Waals surface area contributed by atoms with Crippen molar-refractivity contribution >= 4 is 11.4 Å². The van der Waals surface area contributed by atoms with Crippen LogP contribution in [0.15, 0.2) is 18.2 Å². The molecule has 0 saturated carbocycles. The predicted octanol–water partition coefficient (Wildman–Crippen LogP) is 1.97. The van der Waals surface area contributed by atoms with Gasteiger partial charge < -0.3 is 10.0 Å². The van der Waals surface area contributed by atoms with E-state index in [9.17, 15) is 10.1 Å². The summed E-state index contributed by atoms with van der Waals surface area (Å²) in [6.07, 6.45) is 0. The third-order valence-electron chi connectivity index (χ3n) is 2.70. The second kappa shape index (κ2) is 5.63. The number of non-ortho nitro benzene ring substituents is 1.